The molecule has 1 amide bonds. The van der Waals surface area contributed by atoms with Crippen molar-refractivity contribution in [1.82, 2.24) is 14.7 Å². The van der Waals surface area contributed by atoms with Crippen molar-refractivity contribution < 1.29 is 9.53 Å². The fourth-order valence-corrected chi connectivity index (χ4v) is 5.49. The second-order valence-corrected chi connectivity index (χ2v) is 9.50. The van der Waals surface area contributed by atoms with Crippen LogP contribution in [0.5, 0.6) is 5.75 Å². The molecular formula is C25H35N3O2S. The van der Waals surface area contributed by atoms with Gasteiger partial charge in [0.15, 0.2) is 0 Å². The van der Waals surface area contributed by atoms with Crippen molar-refractivity contribution >= 4 is 17.2 Å². The van der Waals surface area contributed by atoms with Crippen LogP contribution in [-0.2, 0) is 24.4 Å². The summed E-state index contributed by atoms with van der Waals surface area (Å²) in [6, 6.07) is 8.86. The van der Waals surface area contributed by atoms with Gasteiger partial charge < -0.3 is 9.64 Å². The smallest absolute Gasteiger partial charge is 0.226 e. The topological polar surface area (TPSA) is 36.0 Å². The van der Waals surface area contributed by atoms with Crippen molar-refractivity contribution in [2.75, 3.05) is 39.3 Å². The molecule has 5 nitrogen and oxygen atoms in total. The number of rotatable bonds is 7. The zero-order valence-corrected chi connectivity index (χ0v) is 19.7. The highest BCUT2D eigenvalue weighted by atomic mass is 32.1. The second kappa shape index (κ2) is 10.6. The van der Waals surface area contributed by atoms with Gasteiger partial charge in [0.25, 0.3) is 0 Å². The molecule has 31 heavy (non-hydrogen) atoms. The second-order valence-electron chi connectivity index (χ2n) is 8.72. The first-order valence-electron chi connectivity index (χ1n) is 11.7. The molecule has 0 N–H and O–H groups in total. The number of hydrogen-bond donors (Lipinski definition) is 0. The number of hydrogen-bond acceptors (Lipinski definition) is 5. The molecule has 2 aromatic rings. The lowest BCUT2D eigenvalue weighted by Gasteiger charge is -2.34. The standard InChI is InChI=1S/C25H35N3O2S/c1-3-28(4-2)25(29)22-6-5-10-26(17-22)15-20-7-8-24-23(14-20)18-27(11-12-30-24)16-21-9-13-31-19-21/h7-9,13-14,19,22H,3-6,10-12,15-18H2,1-2H3/t22-/m1/s1. The molecule has 1 fully saturated rings. The highest BCUT2D eigenvalue weighted by Gasteiger charge is 2.28. The number of thiophene rings is 1. The number of ether oxygens (including phenoxy) is 1. The molecule has 0 radical (unpaired) electrons. The molecule has 0 saturated carbocycles. The lowest BCUT2D eigenvalue weighted by atomic mass is 9.95. The molecule has 168 valence electrons. The third-order valence-electron chi connectivity index (χ3n) is 6.51. The SMILES string of the molecule is CCN(CC)C(=O)[C@@H]1CCCN(Cc2ccc3c(c2)CN(Cc2ccsc2)CCO3)C1. The van der Waals surface area contributed by atoms with E-state index in [-0.39, 0.29) is 5.92 Å². The van der Waals surface area contributed by atoms with Crippen LogP contribution in [0.1, 0.15) is 43.4 Å². The summed E-state index contributed by atoms with van der Waals surface area (Å²) in [6.07, 6.45) is 2.11. The van der Waals surface area contributed by atoms with E-state index in [9.17, 15) is 4.79 Å². The summed E-state index contributed by atoms with van der Waals surface area (Å²) in [6.45, 7) is 12.2. The molecule has 0 unspecified atom stereocenters. The number of carbonyl (C=O) groups excluding carboxylic acids is 1. The van der Waals surface area contributed by atoms with Gasteiger partial charge in [0.1, 0.15) is 12.4 Å². The third kappa shape index (κ3) is 5.68. The average Bonchev–Trinajstić information content (AvgIpc) is 3.21. The van der Waals surface area contributed by atoms with Gasteiger partial charge in [-0.3, -0.25) is 14.6 Å². The van der Waals surface area contributed by atoms with Crippen LogP contribution < -0.4 is 4.74 Å². The molecule has 1 aromatic heterocycles. The van der Waals surface area contributed by atoms with E-state index < -0.39 is 0 Å². The molecule has 2 aliphatic rings. The molecule has 0 aliphatic carbocycles. The predicted octanol–water partition coefficient (Wildman–Crippen LogP) is 4.22. The Morgan fingerprint density at radius 3 is 2.74 bits per heavy atom. The van der Waals surface area contributed by atoms with E-state index in [2.05, 4.69) is 58.7 Å². The quantitative estimate of drug-likeness (QED) is 0.644. The molecule has 3 heterocycles. The van der Waals surface area contributed by atoms with E-state index in [0.717, 1.165) is 77.6 Å². The molecule has 2 aliphatic heterocycles. The van der Waals surface area contributed by atoms with Gasteiger partial charge in [-0.1, -0.05) is 6.07 Å². The minimum atomic E-state index is 0.138. The molecule has 0 spiro atoms. The maximum absolute atomic E-state index is 12.8. The first-order valence-corrected chi connectivity index (χ1v) is 12.6. The summed E-state index contributed by atoms with van der Waals surface area (Å²) in [7, 11) is 0. The third-order valence-corrected chi connectivity index (χ3v) is 7.24. The fourth-order valence-electron chi connectivity index (χ4n) is 4.83. The van der Waals surface area contributed by atoms with Gasteiger partial charge in [-0.15, -0.1) is 0 Å². The van der Waals surface area contributed by atoms with E-state index in [4.69, 9.17) is 4.74 Å². The molecule has 6 heteroatoms. The Kier molecular flexibility index (Phi) is 7.64. The number of benzene rings is 1. The van der Waals surface area contributed by atoms with Crippen molar-refractivity contribution in [2.24, 2.45) is 5.92 Å². The van der Waals surface area contributed by atoms with Crippen LogP contribution in [0.4, 0.5) is 0 Å². The zero-order valence-electron chi connectivity index (χ0n) is 18.9. The summed E-state index contributed by atoms with van der Waals surface area (Å²) in [5.74, 6) is 1.48. The van der Waals surface area contributed by atoms with Crippen molar-refractivity contribution in [3.8, 4) is 5.75 Å². The summed E-state index contributed by atoms with van der Waals surface area (Å²) in [4.78, 5) is 19.7. The number of carbonyl (C=O) groups is 1. The van der Waals surface area contributed by atoms with Gasteiger partial charge in [-0.05, 0) is 73.3 Å². The number of amides is 1. The van der Waals surface area contributed by atoms with E-state index >= 15 is 0 Å². The van der Waals surface area contributed by atoms with Crippen molar-refractivity contribution in [2.45, 2.75) is 46.3 Å². The largest absolute Gasteiger partial charge is 0.492 e. The fraction of sp³-hybridized carbons (Fsp3) is 0.560. The van der Waals surface area contributed by atoms with Crippen LogP contribution in [0.15, 0.2) is 35.0 Å². The Morgan fingerprint density at radius 1 is 1.13 bits per heavy atom. The van der Waals surface area contributed by atoms with Gasteiger partial charge in [0.05, 0.1) is 5.92 Å². The van der Waals surface area contributed by atoms with Crippen LogP contribution in [0, 0.1) is 5.92 Å². The maximum Gasteiger partial charge on any atom is 0.226 e. The van der Waals surface area contributed by atoms with Crippen LogP contribution in [-0.4, -0.2) is 59.9 Å². The molecule has 4 rings (SSSR count). The van der Waals surface area contributed by atoms with Crippen molar-refractivity contribution in [3.05, 3.63) is 51.7 Å². The zero-order chi connectivity index (χ0) is 21.6. The number of piperidine rings is 1. The normalized spacial score (nSPS) is 20.0. The van der Waals surface area contributed by atoms with Crippen molar-refractivity contribution in [1.29, 1.82) is 0 Å². The van der Waals surface area contributed by atoms with Crippen LogP contribution in [0.25, 0.3) is 0 Å². The minimum Gasteiger partial charge on any atom is -0.492 e. The monoisotopic (exact) mass is 441 g/mol. The lowest BCUT2D eigenvalue weighted by Crippen LogP contribution is -2.44. The highest BCUT2D eigenvalue weighted by molar-refractivity contribution is 7.07. The number of fused-ring (bicyclic) bond motifs is 1. The Morgan fingerprint density at radius 2 is 1.97 bits per heavy atom. The first kappa shape index (κ1) is 22.3. The summed E-state index contributed by atoms with van der Waals surface area (Å²) in [5.41, 5.74) is 3.97. The lowest BCUT2D eigenvalue weighted by molar-refractivity contribution is -0.137. The molecule has 1 aromatic carbocycles. The number of likely N-dealkylation sites (tertiary alicyclic amines) is 1. The molecule has 1 atom stereocenters. The van der Waals surface area contributed by atoms with Gasteiger partial charge in [-0.25, -0.2) is 0 Å². The van der Waals surface area contributed by atoms with Crippen LogP contribution in [0.3, 0.4) is 0 Å². The Balaban J connectivity index is 1.40. The first-order chi connectivity index (χ1) is 15.2. The van der Waals surface area contributed by atoms with Crippen LogP contribution in [0.2, 0.25) is 0 Å². The van der Waals surface area contributed by atoms with E-state index in [1.165, 1.54) is 16.7 Å². The van der Waals surface area contributed by atoms with Crippen LogP contribution >= 0.6 is 11.3 Å². The van der Waals surface area contributed by atoms with Gasteiger partial charge >= 0.3 is 0 Å². The summed E-state index contributed by atoms with van der Waals surface area (Å²) < 4.78 is 6.04. The Hall–Kier alpha value is -1.89. The predicted molar refractivity (Wildman–Crippen MR) is 126 cm³/mol. The highest BCUT2D eigenvalue weighted by Crippen LogP contribution is 2.27. The van der Waals surface area contributed by atoms with Gasteiger partial charge in [0.2, 0.25) is 5.91 Å². The Bertz CT molecular complexity index is 850. The van der Waals surface area contributed by atoms with Crippen molar-refractivity contribution in [3.63, 3.8) is 0 Å². The molecular weight excluding hydrogens is 406 g/mol. The summed E-state index contributed by atoms with van der Waals surface area (Å²) >= 11 is 1.76. The number of nitrogens with zero attached hydrogens (tertiary/aromatic N) is 3. The van der Waals surface area contributed by atoms with E-state index in [1.807, 2.05) is 4.90 Å². The maximum atomic E-state index is 12.8. The minimum absolute atomic E-state index is 0.138. The molecule has 1 saturated heterocycles. The van der Waals surface area contributed by atoms with Gasteiger partial charge in [-0.2, -0.15) is 11.3 Å². The van der Waals surface area contributed by atoms with E-state index in [1.54, 1.807) is 11.3 Å². The molecule has 0 bridgehead atoms. The average molecular weight is 442 g/mol. The van der Waals surface area contributed by atoms with Gasteiger partial charge in [0, 0.05) is 51.4 Å². The van der Waals surface area contributed by atoms with E-state index in [0.29, 0.717) is 5.91 Å². The summed E-state index contributed by atoms with van der Waals surface area (Å²) in [5, 5.41) is 4.38. The Labute approximate surface area is 190 Å².